The summed E-state index contributed by atoms with van der Waals surface area (Å²) in [5.41, 5.74) is 2.37. The van der Waals surface area contributed by atoms with Gasteiger partial charge in [-0.15, -0.1) is 11.3 Å². The molecule has 0 aromatic carbocycles. The van der Waals surface area contributed by atoms with Crippen molar-refractivity contribution in [3.63, 3.8) is 0 Å². The van der Waals surface area contributed by atoms with E-state index in [4.69, 9.17) is 0 Å². The van der Waals surface area contributed by atoms with Crippen LogP contribution in [0.3, 0.4) is 0 Å². The standard InChI is InChI=1S/C11H14N2S/c1-3-12-8(2)9-6-11-10(13-7-9)4-5-14-11/h4-8,12H,3H2,1-2H3. The summed E-state index contributed by atoms with van der Waals surface area (Å²) >= 11 is 1.75. The predicted molar refractivity (Wildman–Crippen MR) is 61.7 cm³/mol. The van der Waals surface area contributed by atoms with E-state index in [1.54, 1.807) is 11.3 Å². The van der Waals surface area contributed by atoms with Gasteiger partial charge in [0.05, 0.1) is 10.2 Å². The van der Waals surface area contributed by atoms with Crippen LogP contribution in [-0.2, 0) is 0 Å². The molecule has 2 aromatic rings. The van der Waals surface area contributed by atoms with Gasteiger partial charge in [0.2, 0.25) is 0 Å². The Balaban J connectivity index is 2.33. The highest BCUT2D eigenvalue weighted by atomic mass is 32.1. The van der Waals surface area contributed by atoms with Crippen molar-refractivity contribution in [1.29, 1.82) is 0 Å². The Morgan fingerprint density at radius 3 is 3.21 bits per heavy atom. The largest absolute Gasteiger partial charge is 0.310 e. The third-order valence-corrected chi connectivity index (χ3v) is 3.19. The van der Waals surface area contributed by atoms with E-state index in [9.17, 15) is 0 Å². The van der Waals surface area contributed by atoms with E-state index in [-0.39, 0.29) is 0 Å². The van der Waals surface area contributed by atoms with E-state index >= 15 is 0 Å². The summed E-state index contributed by atoms with van der Waals surface area (Å²) in [7, 11) is 0. The molecule has 0 bridgehead atoms. The summed E-state index contributed by atoms with van der Waals surface area (Å²) < 4.78 is 1.27. The maximum atomic E-state index is 4.41. The Bertz CT molecular complexity index is 422. The van der Waals surface area contributed by atoms with Crippen LogP contribution >= 0.6 is 11.3 Å². The van der Waals surface area contributed by atoms with Crippen molar-refractivity contribution in [3.05, 3.63) is 29.3 Å². The number of hydrogen-bond donors (Lipinski definition) is 1. The minimum atomic E-state index is 0.388. The number of hydrogen-bond acceptors (Lipinski definition) is 3. The first-order valence-corrected chi connectivity index (χ1v) is 5.75. The molecule has 0 aliphatic heterocycles. The molecule has 1 N–H and O–H groups in total. The zero-order chi connectivity index (χ0) is 9.97. The molecule has 1 unspecified atom stereocenters. The molecule has 0 aliphatic rings. The second kappa shape index (κ2) is 4.07. The van der Waals surface area contributed by atoms with Gasteiger partial charge in [0.1, 0.15) is 0 Å². The van der Waals surface area contributed by atoms with Crippen LogP contribution in [-0.4, -0.2) is 11.5 Å². The monoisotopic (exact) mass is 206 g/mol. The summed E-state index contributed by atoms with van der Waals surface area (Å²) in [6, 6.07) is 4.67. The molecule has 0 saturated heterocycles. The highest BCUT2D eigenvalue weighted by Crippen LogP contribution is 2.22. The van der Waals surface area contributed by atoms with Gasteiger partial charge >= 0.3 is 0 Å². The highest BCUT2D eigenvalue weighted by Gasteiger charge is 2.05. The van der Waals surface area contributed by atoms with Gasteiger partial charge in [0.25, 0.3) is 0 Å². The van der Waals surface area contributed by atoms with Crippen molar-refractivity contribution >= 4 is 21.6 Å². The van der Waals surface area contributed by atoms with Crippen LogP contribution in [0.15, 0.2) is 23.7 Å². The minimum Gasteiger partial charge on any atom is -0.310 e. The summed E-state index contributed by atoms with van der Waals surface area (Å²) in [6.07, 6.45) is 1.96. The van der Waals surface area contributed by atoms with Gasteiger partial charge in [0.15, 0.2) is 0 Å². The number of nitrogens with one attached hydrogen (secondary N) is 1. The van der Waals surface area contributed by atoms with Crippen LogP contribution in [0.25, 0.3) is 10.2 Å². The lowest BCUT2D eigenvalue weighted by Gasteiger charge is -2.11. The molecule has 0 amide bonds. The minimum absolute atomic E-state index is 0.388. The van der Waals surface area contributed by atoms with Crippen molar-refractivity contribution in [1.82, 2.24) is 10.3 Å². The number of nitrogens with zero attached hydrogens (tertiary/aromatic N) is 1. The molecule has 3 heteroatoms. The Morgan fingerprint density at radius 1 is 1.57 bits per heavy atom. The fraction of sp³-hybridized carbons (Fsp3) is 0.364. The quantitative estimate of drug-likeness (QED) is 0.835. The van der Waals surface area contributed by atoms with Crippen molar-refractivity contribution < 1.29 is 0 Å². The fourth-order valence-electron chi connectivity index (χ4n) is 1.52. The van der Waals surface area contributed by atoms with E-state index in [2.05, 4.69) is 41.7 Å². The Morgan fingerprint density at radius 2 is 2.43 bits per heavy atom. The smallest absolute Gasteiger partial charge is 0.0809 e. The number of rotatable bonds is 3. The molecule has 2 nitrogen and oxygen atoms in total. The maximum Gasteiger partial charge on any atom is 0.0809 e. The van der Waals surface area contributed by atoms with Gasteiger partial charge < -0.3 is 5.32 Å². The van der Waals surface area contributed by atoms with Crippen molar-refractivity contribution in [2.75, 3.05) is 6.54 Å². The SMILES string of the molecule is CCNC(C)c1cnc2ccsc2c1. The van der Waals surface area contributed by atoms with Gasteiger partial charge in [-0.25, -0.2) is 0 Å². The van der Waals surface area contributed by atoms with E-state index in [0.29, 0.717) is 6.04 Å². The third-order valence-electron chi connectivity index (χ3n) is 2.33. The average Bonchev–Trinajstić information content (AvgIpc) is 2.64. The molecule has 0 aliphatic carbocycles. The zero-order valence-electron chi connectivity index (χ0n) is 8.45. The second-order valence-corrected chi connectivity index (χ2v) is 4.30. The van der Waals surface area contributed by atoms with Crippen LogP contribution in [0.2, 0.25) is 0 Å². The first-order valence-electron chi connectivity index (χ1n) is 4.88. The lowest BCUT2D eigenvalue weighted by atomic mass is 10.1. The fourth-order valence-corrected chi connectivity index (χ4v) is 2.31. The predicted octanol–water partition coefficient (Wildman–Crippen LogP) is 2.97. The van der Waals surface area contributed by atoms with Crippen LogP contribution in [0.4, 0.5) is 0 Å². The zero-order valence-corrected chi connectivity index (χ0v) is 9.27. The van der Waals surface area contributed by atoms with Gasteiger partial charge in [-0.1, -0.05) is 6.92 Å². The first kappa shape index (κ1) is 9.62. The number of fused-ring (bicyclic) bond motifs is 1. The highest BCUT2D eigenvalue weighted by molar-refractivity contribution is 7.17. The normalized spacial score (nSPS) is 13.3. The molecular weight excluding hydrogens is 192 g/mol. The van der Waals surface area contributed by atoms with Crippen LogP contribution < -0.4 is 5.32 Å². The molecule has 2 heterocycles. The number of pyridine rings is 1. The first-order chi connectivity index (χ1) is 6.81. The number of aromatic nitrogens is 1. The van der Waals surface area contributed by atoms with Gasteiger partial charge in [0, 0.05) is 12.2 Å². The van der Waals surface area contributed by atoms with Gasteiger partial charge in [-0.3, -0.25) is 4.98 Å². The van der Waals surface area contributed by atoms with Gasteiger partial charge in [-0.05, 0) is 36.5 Å². The Kier molecular flexibility index (Phi) is 2.79. The molecule has 0 fully saturated rings. The molecule has 74 valence electrons. The van der Waals surface area contributed by atoms with Crippen LogP contribution in [0, 0.1) is 0 Å². The third kappa shape index (κ3) is 1.79. The summed E-state index contributed by atoms with van der Waals surface area (Å²) in [5, 5.41) is 5.47. The lowest BCUT2D eigenvalue weighted by Crippen LogP contribution is -2.17. The molecule has 14 heavy (non-hydrogen) atoms. The van der Waals surface area contributed by atoms with Crippen LogP contribution in [0.1, 0.15) is 25.5 Å². The van der Waals surface area contributed by atoms with E-state index in [1.165, 1.54) is 10.3 Å². The van der Waals surface area contributed by atoms with Crippen molar-refractivity contribution in [3.8, 4) is 0 Å². The van der Waals surface area contributed by atoms with Crippen molar-refractivity contribution in [2.24, 2.45) is 0 Å². The Labute approximate surface area is 88.0 Å². The average molecular weight is 206 g/mol. The molecular formula is C11H14N2S. The molecule has 2 rings (SSSR count). The van der Waals surface area contributed by atoms with Gasteiger partial charge in [-0.2, -0.15) is 0 Å². The summed E-state index contributed by atoms with van der Waals surface area (Å²) in [5.74, 6) is 0. The lowest BCUT2D eigenvalue weighted by molar-refractivity contribution is 0.597. The molecule has 2 aromatic heterocycles. The summed E-state index contributed by atoms with van der Waals surface area (Å²) in [4.78, 5) is 4.41. The molecule has 1 atom stereocenters. The molecule has 0 saturated carbocycles. The van der Waals surface area contributed by atoms with Crippen LogP contribution in [0.5, 0.6) is 0 Å². The van der Waals surface area contributed by atoms with E-state index in [1.807, 2.05) is 6.20 Å². The van der Waals surface area contributed by atoms with E-state index < -0.39 is 0 Å². The van der Waals surface area contributed by atoms with Crippen molar-refractivity contribution in [2.45, 2.75) is 19.9 Å². The van der Waals surface area contributed by atoms with E-state index in [0.717, 1.165) is 12.1 Å². The Hall–Kier alpha value is -0.930. The number of thiophene rings is 1. The molecule has 0 spiro atoms. The molecule has 0 radical (unpaired) electrons. The topological polar surface area (TPSA) is 24.9 Å². The second-order valence-electron chi connectivity index (χ2n) is 3.35. The maximum absolute atomic E-state index is 4.41. The summed E-state index contributed by atoms with van der Waals surface area (Å²) in [6.45, 7) is 5.27.